The fraction of sp³-hybridized carbons (Fsp3) is 0.250. The zero-order valence-electron chi connectivity index (χ0n) is 10.3. The Balaban J connectivity index is 2.42. The molecule has 0 radical (unpaired) electrons. The smallest absolute Gasteiger partial charge is 0.416 e. The summed E-state index contributed by atoms with van der Waals surface area (Å²) in [5.41, 5.74) is 3.73. The standard InChI is InChI=1S/C12H9F3N2O4/c13-12(14,15)5-1-2-8-6(3-5)9(18)10(19)17(8)4-7(16)11(20)21/h1-3,7H,4,16H2,(H,20,21). The number of carboxylic acids is 1. The Kier molecular flexibility index (Phi) is 3.46. The van der Waals surface area contributed by atoms with E-state index >= 15 is 0 Å². The van der Waals surface area contributed by atoms with Crippen molar-refractivity contribution in [3.05, 3.63) is 29.3 Å². The Hall–Kier alpha value is -2.42. The van der Waals surface area contributed by atoms with E-state index in [0.717, 1.165) is 11.0 Å². The van der Waals surface area contributed by atoms with Gasteiger partial charge in [0.15, 0.2) is 0 Å². The first-order chi connectivity index (χ1) is 9.62. The third-order valence-corrected chi connectivity index (χ3v) is 3.00. The second kappa shape index (κ2) is 4.85. The molecule has 0 saturated carbocycles. The maximum atomic E-state index is 12.6. The predicted octanol–water partition coefficient (Wildman–Crippen LogP) is 0.647. The van der Waals surface area contributed by atoms with E-state index < -0.39 is 47.5 Å². The number of ketones is 1. The molecule has 3 N–H and O–H groups in total. The number of nitrogens with two attached hydrogens (primary N) is 1. The van der Waals surface area contributed by atoms with E-state index in [2.05, 4.69) is 0 Å². The number of carbonyl (C=O) groups is 3. The van der Waals surface area contributed by atoms with Crippen LogP contribution in [0.2, 0.25) is 0 Å². The van der Waals surface area contributed by atoms with Gasteiger partial charge < -0.3 is 15.7 Å². The molecule has 0 aromatic heterocycles. The van der Waals surface area contributed by atoms with Crippen molar-refractivity contribution in [1.82, 2.24) is 0 Å². The number of hydrogen-bond donors (Lipinski definition) is 2. The van der Waals surface area contributed by atoms with Crippen LogP contribution in [0.4, 0.5) is 18.9 Å². The minimum absolute atomic E-state index is 0.0744. The van der Waals surface area contributed by atoms with Gasteiger partial charge in [0, 0.05) is 0 Å². The van der Waals surface area contributed by atoms with Gasteiger partial charge in [0.05, 0.1) is 23.4 Å². The highest BCUT2D eigenvalue weighted by Crippen LogP contribution is 2.35. The van der Waals surface area contributed by atoms with Gasteiger partial charge in [0.25, 0.3) is 11.7 Å². The Labute approximate surface area is 115 Å². The molecule has 0 aliphatic carbocycles. The molecular formula is C12H9F3N2O4. The molecule has 2 rings (SSSR count). The van der Waals surface area contributed by atoms with E-state index in [1.165, 1.54) is 0 Å². The van der Waals surface area contributed by atoms with E-state index in [9.17, 15) is 27.6 Å². The van der Waals surface area contributed by atoms with Crippen molar-refractivity contribution < 1.29 is 32.7 Å². The third kappa shape index (κ3) is 2.59. The van der Waals surface area contributed by atoms with Crippen molar-refractivity contribution in [3.63, 3.8) is 0 Å². The fourth-order valence-electron chi connectivity index (χ4n) is 1.93. The van der Waals surface area contributed by atoms with Crippen LogP contribution in [0.5, 0.6) is 0 Å². The Morgan fingerprint density at radius 3 is 2.48 bits per heavy atom. The minimum Gasteiger partial charge on any atom is -0.480 e. The van der Waals surface area contributed by atoms with Gasteiger partial charge in [-0.1, -0.05) is 0 Å². The molecule has 0 fully saturated rings. The van der Waals surface area contributed by atoms with Crippen LogP contribution >= 0.6 is 0 Å². The van der Waals surface area contributed by atoms with Crippen LogP contribution in [0.1, 0.15) is 15.9 Å². The lowest BCUT2D eigenvalue weighted by molar-refractivity contribution is -0.138. The summed E-state index contributed by atoms with van der Waals surface area (Å²) in [6.45, 7) is -0.502. The van der Waals surface area contributed by atoms with Gasteiger partial charge >= 0.3 is 12.1 Å². The second-order valence-corrected chi connectivity index (χ2v) is 4.42. The highest BCUT2D eigenvalue weighted by molar-refractivity contribution is 6.52. The van der Waals surface area contributed by atoms with E-state index in [-0.39, 0.29) is 5.69 Å². The maximum Gasteiger partial charge on any atom is 0.416 e. The molecule has 6 nitrogen and oxygen atoms in total. The van der Waals surface area contributed by atoms with Gasteiger partial charge in [-0.25, -0.2) is 0 Å². The van der Waals surface area contributed by atoms with Crippen LogP contribution in [0.25, 0.3) is 0 Å². The molecule has 1 aliphatic heterocycles. The van der Waals surface area contributed by atoms with Gasteiger partial charge in [-0.3, -0.25) is 14.4 Å². The van der Waals surface area contributed by atoms with Crippen molar-refractivity contribution >= 4 is 23.3 Å². The first kappa shape index (κ1) is 15.0. The summed E-state index contributed by atoms with van der Waals surface area (Å²) < 4.78 is 37.8. The van der Waals surface area contributed by atoms with Crippen LogP contribution in [0.15, 0.2) is 18.2 Å². The summed E-state index contributed by atoms with van der Waals surface area (Å²) in [6.07, 6.45) is -4.65. The van der Waals surface area contributed by atoms with Crippen molar-refractivity contribution in [2.24, 2.45) is 5.73 Å². The quantitative estimate of drug-likeness (QED) is 0.798. The van der Waals surface area contributed by atoms with Crippen LogP contribution < -0.4 is 10.6 Å². The molecule has 0 bridgehead atoms. The van der Waals surface area contributed by atoms with Crippen LogP contribution in [0, 0.1) is 0 Å². The molecule has 1 amide bonds. The van der Waals surface area contributed by atoms with E-state index in [1.54, 1.807) is 0 Å². The molecule has 1 aromatic rings. The number of Topliss-reactive ketones (excluding diaryl/α,β-unsaturated/α-hetero) is 1. The Morgan fingerprint density at radius 2 is 1.95 bits per heavy atom. The highest BCUT2D eigenvalue weighted by atomic mass is 19.4. The van der Waals surface area contributed by atoms with Crippen LogP contribution in [-0.4, -0.2) is 35.4 Å². The molecule has 1 unspecified atom stereocenters. The van der Waals surface area contributed by atoms with Gasteiger partial charge in [-0.15, -0.1) is 0 Å². The van der Waals surface area contributed by atoms with E-state index in [4.69, 9.17) is 10.8 Å². The first-order valence-corrected chi connectivity index (χ1v) is 5.68. The van der Waals surface area contributed by atoms with Crippen molar-refractivity contribution in [3.8, 4) is 0 Å². The summed E-state index contributed by atoms with van der Waals surface area (Å²) >= 11 is 0. The summed E-state index contributed by atoms with van der Waals surface area (Å²) in [5.74, 6) is -3.61. The van der Waals surface area contributed by atoms with Crippen LogP contribution in [-0.2, 0) is 15.8 Å². The third-order valence-electron chi connectivity index (χ3n) is 3.00. The predicted molar refractivity (Wildman–Crippen MR) is 63.7 cm³/mol. The molecule has 1 atom stereocenters. The highest BCUT2D eigenvalue weighted by Gasteiger charge is 2.40. The zero-order chi connectivity index (χ0) is 15.9. The first-order valence-electron chi connectivity index (χ1n) is 5.68. The molecule has 0 saturated heterocycles. The number of rotatable bonds is 3. The lowest BCUT2D eigenvalue weighted by Gasteiger charge is -2.19. The Morgan fingerprint density at radius 1 is 1.33 bits per heavy atom. The number of nitrogens with zero attached hydrogens (tertiary/aromatic N) is 1. The number of aliphatic carboxylic acids is 1. The second-order valence-electron chi connectivity index (χ2n) is 4.42. The van der Waals surface area contributed by atoms with Gasteiger partial charge in [0.2, 0.25) is 0 Å². The average molecular weight is 302 g/mol. The monoisotopic (exact) mass is 302 g/mol. The molecule has 1 aliphatic rings. The largest absolute Gasteiger partial charge is 0.480 e. The van der Waals surface area contributed by atoms with Gasteiger partial charge in [0.1, 0.15) is 6.04 Å². The number of benzene rings is 1. The summed E-state index contributed by atoms with van der Waals surface area (Å²) in [5, 5.41) is 8.70. The number of hydrogen-bond acceptors (Lipinski definition) is 4. The van der Waals surface area contributed by atoms with Crippen molar-refractivity contribution in [2.75, 3.05) is 11.4 Å². The summed E-state index contributed by atoms with van der Waals surface area (Å²) in [7, 11) is 0. The van der Waals surface area contributed by atoms with Crippen molar-refractivity contribution in [2.45, 2.75) is 12.2 Å². The minimum atomic E-state index is -4.65. The normalized spacial score (nSPS) is 16.1. The number of alkyl halides is 3. The van der Waals surface area contributed by atoms with E-state index in [1.807, 2.05) is 0 Å². The number of amides is 1. The molecule has 0 spiro atoms. The summed E-state index contributed by atoms with van der Waals surface area (Å²) in [6, 6.07) is 0.788. The molecule has 1 heterocycles. The van der Waals surface area contributed by atoms with Crippen LogP contribution in [0.3, 0.4) is 0 Å². The number of anilines is 1. The lowest BCUT2D eigenvalue weighted by atomic mass is 10.1. The zero-order valence-corrected chi connectivity index (χ0v) is 10.3. The van der Waals surface area contributed by atoms with Gasteiger partial charge in [-0.05, 0) is 18.2 Å². The number of halogens is 3. The summed E-state index contributed by atoms with van der Waals surface area (Å²) in [4.78, 5) is 34.9. The number of fused-ring (bicyclic) bond motifs is 1. The number of carbonyl (C=O) groups excluding carboxylic acids is 2. The molecule has 1 aromatic carbocycles. The molecule has 9 heteroatoms. The molecular weight excluding hydrogens is 293 g/mol. The maximum absolute atomic E-state index is 12.6. The average Bonchev–Trinajstić information content (AvgIpc) is 2.62. The van der Waals surface area contributed by atoms with Crippen molar-refractivity contribution in [1.29, 1.82) is 0 Å². The van der Waals surface area contributed by atoms with Gasteiger partial charge in [-0.2, -0.15) is 13.2 Å². The fourth-order valence-corrected chi connectivity index (χ4v) is 1.93. The number of carboxylic acid groups (broad SMARTS) is 1. The lowest BCUT2D eigenvalue weighted by Crippen LogP contribution is -2.44. The Bertz CT molecular complexity index is 642. The molecule has 21 heavy (non-hydrogen) atoms. The van der Waals surface area contributed by atoms with E-state index in [0.29, 0.717) is 12.1 Å². The SMILES string of the molecule is NC(CN1C(=O)C(=O)c2cc(C(F)(F)F)ccc21)C(=O)O. The topological polar surface area (TPSA) is 101 Å². The molecule has 112 valence electrons.